The van der Waals surface area contributed by atoms with Crippen LogP contribution in [0.4, 0.5) is 0 Å². The fraction of sp³-hybridized carbons (Fsp3) is 0.980. The van der Waals surface area contributed by atoms with Crippen LogP contribution in [0.25, 0.3) is 0 Å². The maximum absolute atomic E-state index is 13.9. The van der Waals surface area contributed by atoms with Crippen molar-refractivity contribution in [3.63, 3.8) is 0 Å². The van der Waals surface area contributed by atoms with Gasteiger partial charge in [0.25, 0.3) is 0 Å². The average Bonchev–Trinajstić information content (AvgIpc) is 3.14. The number of likely N-dealkylation sites (tertiary alicyclic amines) is 1. The van der Waals surface area contributed by atoms with Gasteiger partial charge in [-0.1, -0.05) is 215 Å². The van der Waals surface area contributed by atoms with Gasteiger partial charge in [0, 0.05) is 6.04 Å². The predicted octanol–water partition coefficient (Wildman–Crippen LogP) is 16.8. The lowest BCUT2D eigenvalue weighted by Crippen LogP contribution is -2.48. The van der Waals surface area contributed by atoms with Crippen LogP contribution in [0.5, 0.6) is 0 Å². The van der Waals surface area contributed by atoms with Crippen LogP contribution < -0.4 is 0 Å². The monoisotopic (exact) mass is 760 g/mol. The van der Waals surface area contributed by atoms with Crippen molar-refractivity contribution < 1.29 is 9.53 Å². The Bertz CT molecular complexity index is 796. The van der Waals surface area contributed by atoms with E-state index in [-0.39, 0.29) is 17.5 Å². The van der Waals surface area contributed by atoms with E-state index < -0.39 is 5.41 Å². The zero-order chi connectivity index (χ0) is 39.9. The largest absolute Gasteiger partial charge is 0.462 e. The third-order valence-corrected chi connectivity index (χ3v) is 13.5. The first kappa shape index (κ1) is 51.4. The summed E-state index contributed by atoms with van der Waals surface area (Å²) in [6.45, 7) is 19.6. The molecular formula is C51H101NO2. The number of hydrogen-bond donors (Lipinski definition) is 0. The number of hydrogen-bond acceptors (Lipinski definition) is 3. The molecule has 1 heterocycles. The minimum absolute atomic E-state index is 0.0476. The molecule has 1 aliphatic rings. The standard InChI is InChI=1S/C51H101NO2/c1-10-14-34-45(35-15-11-2)38-28-24-20-18-22-26-30-40-47(41-31-27-23-19-21-25-29-39-46(36-16-12-3)37-17-13-4)54-49(53)51(7,8)44-50(5,6)48-42-32-33-43-52(48)9/h45-48H,10-44H2,1-9H3. The van der Waals surface area contributed by atoms with E-state index in [1.807, 2.05) is 0 Å². The molecule has 1 unspecified atom stereocenters. The second kappa shape index (κ2) is 32.4. The van der Waals surface area contributed by atoms with Gasteiger partial charge in [-0.2, -0.15) is 0 Å². The quantitative estimate of drug-likeness (QED) is 0.0467. The average molecular weight is 760 g/mol. The van der Waals surface area contributed by atoms with Crippen molar-refractivity contribution in [3.05, 3.63) is 0 Å². The Balaban J connectivity index is 2.53. The van der Waals surface area contributed by atoms with Crippen molar-refractivity contribution >= 4 is 5.97 Å². The SMILES string of the molecule is CCCCC(CCCC)CCCCCCCCCC(CCCCCCCCCC(CCCC)CCCC)OC(=O)C(C)(C)CC(C)(C)C1CCCCN1C. The first-order valence-corrected chi connectivity index (χ1v) is 24.9. The molecule has 0 amide bonds. The molecular weight excluding hydrogens is 659 g/mol. The van der Waals surface area contributed by atoms with Crippen molar-refractivity contribution in [2.45, 2.75) is 286 Å². The van der Waals surface area contributed by atoms with Gasteiger partial charge in [-0.05, 0) is 89.6 Å². The maximum Gasteiger partial charge on any atom is 0.311 e. The van der Waals surface area contributed by atoms with Gasteiger partial charge < -0.3 is 9.64 Å². The molecule has 3 heteroatoms. The molecule has 0 aromatic carbocycles. The number of esters is 1. The minimum Gasteiger partial charge on any atom is -0.462 e. The number of ether oxygens (including phenoxy) is 1. The van der Waals surface area contributed by atoms with Gasteiger partial charge in [0.2, 0.25) is 0 Å². The number of nitrogens with zero attached hydrogens (tertiary/aromatic N) is 1. The summed E-state index contributed by atoms with van der Waals surface area (Å²) in [5.41, 5.74) is -0.372. The van der Waals surface area contributed by atoms with Crippen molar-refractivity contribution in [2.75, 3.05) is 13.6 Å². The maximum atomic E-state index is 13.9. The summed E-state index contributed by atoms with van der Waals surface area (Å²) in [6, 6.07) is 0.543. The molecule has 0 bridgehead atoms. The van der Waals surface area contributed by atoms with Crippen molar-refractivity contribution in [1.29, 1.82) is 0 Å². The molecule has 54 heavy (non-hydrogen) atoms. The lowest BCUT2D eigenvalue weighted by Gasteiger charge is -2.46. The van der Waals surface area contributed by atoms with Crippen LogP contribution in [0.3, 0.4) is 0 Å². The third-order valence-electron chi connectivity index (χ3n) is 13.5. The topological polar surface area (TPSA) is 29.5 Å². The number of carbonyl (C=O) groups excluding carboxylic acids is 1. The second-order valence-corrected chi connectivity index (χ2v) is 20.0. The summed E-state index contributed by atoms with van der Waals surface area (Å²) < 4.78 is 6.50. The van der Waals surface area contributed by atoms with Gasteiger partial charge in [0.05, 0.1) is 5.41 Å². The van der Waals surface area contributed by atoms with Gasteiger partial charge in [-0.15, -0.1) is 0 Å². The Morgan fingerprint density at radius 1 is 0.537 bits per heavy atom. The molecule has 0 N–H and O–H groups in total. The van der Waals surface area contributed by atoms with Crippen molar-refractivity contribution in [3.8, 4) is 0 Å². The highest BCUT2D eigenvalue weighted by molar-refractivity contribution is 5.76. The van der Waals surface area contributed by atoms with E-state index in [2.05, 4.69) is 67.3 Å². The van der Waals surface area contributed by atoms with E-state index >= 15 is 0 Å². The Morgan fingerprint density at radius 3 is 1.26 bits per heavy atom. The minimum atomic E-state index is -0.460. The zero-order valence-electron chi connectivity index (χ0n) is 38.8. The van der Waals surface area contributed by atoms with Crippen molar-refractivity contribution in [1.82, 2.24) is 4.90 Å². The fourth-order valence-corrected chi connectivity index (χ4v) is 10.2. The highest BCUT2D eigenvalue weighted by atomic mass is 16.5. The predicted molar refractivity (Wildman–Crippen MR) is 241 cm³/mol. The summed E-state index contributed by atoms with van der Waals surface area (Å²) in [5.74, 6) is 2.00. The lowest BCUT2D eigenvalue weighted by molar-refractivity contribution is -0.163. The van der Waals surface area contributed by atoms with E-state index in [0.29, 0.717) is 6.04 Å². The first-order chi connectivity index (χ1) is 26.0. The fourth-order valence-electron chi connectivity index (χ4n) is 10.2. The van der Waals surface area contributed by atoms with Crippen LogP contribution in [0.15, 0.2) is 0 Å². The van der Waals surface area contributed by atoms with Gasteiger partial charge in [0.1, 0.15) is 6.10 Å². The van der Waals surface area contributed by atoms with Gasteiger partial charge >= 0.3 is 5.97 Å². The molecule has 3 nitrogen and oxygen atoms in total. The summed E-state index contributed by atoms with van der Waals surface area (Å²) in [7, 11) is 2.28. The molecule has 0 saturated carbocycles. The van der Waals surface area contributed by atoms with Crippen LogP contribution in [-0.4, -0.2) is 36.6 Å². The molecule has 0 aliphatic carbocycles. The molecule has 322 valence electrons. The highest BCUT2D eigenvalue weighted by Gasteiger charge is 2.42. The van der Waals surface area contributed by atoms with Gasteiger partial charge in [-0.25, -0.2) is 0 Å². The van der Waals surface area contributed by atoms with E-state index in [1.54, 1.807) is 0 Å². The number of carbonyl (C=O) groups is 1. The van der Waals surface area contributed by atoms with E-state index in [1.165, 1.54) is 206 Å². The van der Waals surface area contributed by atoms with Crippen LogP contribution in [0, 0.1) is 22.7 Å². The zero-order valence-corrected chi connectivity index (χ0v) is 38.8. The highest BCUT2D eigenvalue weighted by Crippen LogP contribution is 2.42. The van der Waals surface area contributed by atoms with E-state index in [4.69, 9.17) is 4.74 Å². The molecule has 1 aliphatic heterocycles. The molecule has 1 fully saturated rings. The molecule has 0 radical (unpaired) electrons. The molecule has 0 aromatic rings. The molecule has 1 saturated heterocycles. The van der Waals surface area contributed by atoms with E-state index in [9.17, 15) is 4.79 Å². The Kier molecular flexibility index (Phi) is 30.9. The van der Waals surface area contributed by atoms with Gasteiger partial charge in [0.15, 0.2) is 0 Å². The lowest BCUT2D eigenvalue weighted by atomic mass is 9.69. The molecule has 1 rings (SSSR count). The number of piperidine rings is 1. The first-order valence-electron chi connectivity index (χ1n) is 24.9. The van der Waals surface area contributed by atoms with Crippen molar-refractivity contribution in [2.24, 2.45) is 22.7 Å². The second-order valence-electron chi connectivity index (χ2n) is 20.0. The third kappa shape index (κ3) is 24.9. The Morgan fingerprint density at radius 2 is 0.889 bits per heavy atom. The summed E-state index contributed by atoms with van der Waals surface area (Å²) >= 11 is 0. The normalized spacial score (nSPS) is 16.0. The Hall–Kier alpha value is -0.570. The molecule has 0 spiro atoms. The summed E-state index contributed by atoms with van der Waals surface area (Å²) in [5, 5.41) is 0. The molecule has 1 atom stereocenters. The van der Waals surface area contributed by atoms with Crippen LogP contribution in [0.2, 0.25) is 0 Å². The van der Waals surface area contributed by atoms with Crippen LogP contribution >= 0.6 is 0 Å². The number of unbranched alkanes of at least 4 members (excludes halogenated alkanes) is 16. The van der Waals surface area contributed by atoms with Crippen LogP contribution in [0.1, 0.15) is 274 Å². The van der Waals surface area contributed by atoms with Crippen LogP contribution in [-0.2, 0) is 9.53 Å². The summed E-state index contributed by atoms with van der Waals surface area (Å²) in [4.78, 5) is 16.4. The van der Waals surface area contributed by atoms with Gasteiger partial charge in [-0.3, -0.25) is 4.79 Å². The molecule has 0 aromatic heterocycles. The van der Waals surface area contributed by atoms with E-state index in [0.717, 1.165) is 31.1 Å². The summed E-state index contributed by atoms with van der Waals surface area (Å²) in [6.07, 6.45) is 45.5. The number of rotatable bonds is 37. The smallest absolute Gasteiger partial charge is 0.311 e. The Labute approximate surface area is 341 Å².